The summed E-state index contributed by atoms with van der Waals surface area (Å²) in [7, 11) is -3.80. The Morgan fingerprint density at radius 2 is 1.62 bits per heavy atom. The average Bonchev–Trinajstić information content (AvgIpc) is 2.74. The second-order valence-corrected chi connectivity index (χ2v) is 10.1. The van der Waals surface area contributed by atoms with Gasteiger partial charge < -0.3 is 9.64 Å². The molecule has 0 unspecified atom stereocenters. The number of esters is 1. The summed E-state index contributed by atoms with van der Waals surface area (Å²) in [5.74, 6) is -0.878. The molecule has 3 rings (SSSR count). The van der Waals surface area contributed by atoms with Crippen LogP contribution in [0, 0.1) is 13.8 Å². The fourth-order valence-corrected chi connectivity index (χ4v) is 5.04. The van der Waals surface area contributed by atoms with Crippen molar-refractivity contribution in [2.75, 3.05) is 11.3 Å². The van der Waals surface area contributed by atoms with Crippen LogP contribution in [-0.2, 0) is 19.6 Å². The SMILES string of the molecule is Cc1ccc(NS(=O)(=O)c2ccc(C(=O)OCC(=O)N3[C@H](C)CCC[C@@H]3C)cc2)cc1C. The normalized spacial score (nSPS) is 18.8. The third-order valence-corrected chi connectivity index (χ3v) is 7.36. The molecular weight excluding hydrogens is 428 g/mol. The molecule has 32 heavy (non-hydrogen) atoms. The number of sulfonamides is 1. The number of benzene rings is 2. The minimum atomic E-state index is -3.80. The lowest BCUT2D eigenvalue weighted by atomic mass is 9.97. The van der Waals surface area contributed by atoms with Crippen molar-refractivity contribution in [1.29, 1.82) is 0 Å². The van der Waals surface area contributed by atoms with Crippen LogP contribution in [0.4, 0.5) is 5.69 Å². The van der Waals surface area contributed by atoms with Crippen LogP contribution >= 0.6 is 0 Å². The van der Waals surface area contributed by atoms with Crippen LogP contribution in [0.2, 0.25) is 0 Å². The van der Waals surface area contributed by atoms with Gasteiger partial charge in [0, 0.05) is 17.8 Å². The Balaban J connectivity index is 1.62. The molecule has 2 aromatic rings. The highest BCUT2D eigenvalue weighted by Crippen LogP contribution is 2.23. The third kappa shape index (κ3) is 5.48. The average molecular weight is 459 g/mol. The maximum Gasteiger partial charge on any atom is 0.338 e. The zero-order chi connectivity index (χ0) is 23.5. The standard InChI is InChI=1S/C24H30N2O5S/c1-16-8-11-21(14-17(16)2)25-32(29,30)22-12-9-20(10-13-22)24(28)31-15-23(27)26-18(3)6-5-7-19(26)4/h8-14,18-19,25H,5-7,15H2,1-4H3/t18-,19+. The first-order chi connectivity index (χ1) is 15.1. The van der Waals surface area contributed by atoms with E-state index in [4.69, 9.17) is 4.74 Å². The van der Waals surface area contributed by atoms with E-state index < -0.39 is 16.0 Å². The Morgan fingerprint density at radius 3 is 2.22 bits per heavy atom. The minimum Gasteiger partial charge on any atom is -0.452 e. The predicted octanol–water partition coefficient (Wildman–Crippen LogP) is 4.05. The summed E-state index contributed by atoms with van der Waals surface area (Å²) in [5, 5.41) is 0. The van der Waals surface area contributed by atoms with Crippen LogP contribution < -0.4 is 4.72 Å². The number of anilines is 1. The Hall–Kier alpha value is -2.87. The molecule has 1 N–H and O–H groups in total. The predicted molar refractivity (Wildman–Crippen MR) is 123 cm³/mol. The van der Waals surface area contributed by atoms with Gasteiger partial charge in [-0.2, -0.15) is 0 Å². The molecule has 0 radical (unpaired) electrons. The van der Waals surface area contributed by atoms with Gasteiger partial charge in [-0.1, -0.05) is 6.07 Å². The first kappa shape index (κ1) is 23.8. The Morgan fingerprint density at radius 1 is 1.00 bits per heavy atom. The molecule has 1 amide bonds. The van der Waals surface area contributed by atoms with Crippen molar-refractivity contribution in [3.05, 3.63) is 59.2 Å². The van der Waals surface area contributed by atoms with E-state index in [1.165, 1.54) is 24.3 Å². The second kappa shape index (κ2) is 9.73. The number of nitrogens with zero attached hydrogens (tertiary/aromatic N) is 1. The van der Waals surface area contributed by atoms with Gasteiger partial charge >= 0.3 is 5.97 Å². The molecule has 0 saturated carbocycles. The van der Waals surface area contributed by atoms with Crippen LogP contribution in [0.15, 0.2) is 47.4 Å². The summed E-state index contributed by atoms with van der Waals surface area (Å²) < 4.78 is 33.0. The molecule has 1 saturated heterocycles. The van der Waals surface area contributed by atoms with Crippen molar-refractivity contribution in [2.24, 2.45) is 0 Å². The van der Waals surface area contributed by atoms with Gasteiger partial charge in [-0.3, -0.25) is 9.52 Å². The molecule has 0 bridgehead atoms. The topological polar surface area (TPSA) is 92.8 Å². The van der Waals surface area contributed by atoms with Gasteiger partial charge in [0.25, 0.3) is 15.9 Å². The van der Waals surface area contributed by atoms with Crippen LogP contribution in [0.1, 0.15) is 54.6 Å². The van der Waals surface area contributed by atoms with Crippen molar-refractivity contribution in [1.82, 2.24) is 4.90 Å². The molecule has 1 heterocycles. The Labute approximate surface area is 189 Å². The summed E-state index contributed by atoms with van der Waals surface area (Å²) >= 11 is 0. The monoisotopic (exact) mass is 458 g/mol. The van der Waals surface area contributed by atoms with Crippen molar-refractivity contribution in [2.45, 2.75) is 63.9 Å². The zero-order valence-electron chi connectivity index (χ0n) is 18.9. The first-order valence-corrected chi connectivity index (χ1v) is 12.2. The molecule has 0 aliphatic carbocycles. The first-order valence-electron chi connectivity index (χ1n) is 10.8. The summed E-state index contributed by atoms with van der Waals surface area (Å²) in [4.78, 5) is 26.7. The molecule has 1 aliphatic rings. The van der Waals surface area contributed by atoms with Gasteiger partial charge in [0.1, 0.15) is 0 Å². The van der Waals surface area contributed by atoms with E-state index in [0.29, 0.717) is 5.69 Å². The van der Waals surface area contributed by atoms with E-state index in [9.17, 15) is 18.0 Å². The smallest absolute Gasteiger partial charge is 0.338 e. The number of rotatable bonds is 6. The maximum atomic E-state index is 12.7. The van der Waals surface area contributed by atoms with Crippen LogP contribution in [-0.4, -0.2) is 43.9 Å². The van der Waals surface area contributed by atoms with Gasteiger partial charge in [0.2, 0.25) is 0 Å². The number of aryl methyl sites for hydroxylation is 2. The highest BCUT2D eigenvalue weighted by Gasteiger charge is 2.29. The molecule has 7 nitrogen and oxygen atoms in total. The zero-order valence-corrected chi connectivity index (χ0v) is 19.7. The van der Waals surface area contributed by atoms with E-state index in [0.717, 1.165) is 30.4 Å². The summed E-state index contributed by atoms with van der Waals surface area (Å²) in [6.07, 6.45) is 2.96. The van der Waals surface area contributed by atoms with Crippen LogP contribution in [0.5, 0.6) is 0 Å². The number of likely N-dealkylation sites (tertiary alicyclic amines) is 1. The summed E-state index contributed by atoms with van der Waals surface area (Å²) in [5.41, 5.74) is 2.70. The molecule has 172 valence electrons. The molecule has 1 fully saturated rings. The number of hydrogen-bond donors (Lipinski definition) is 1. The van der Waals surface area contributed by atoms with Crippen LogP contribution in [0.25, 0.3) is 0 Å². The van der Waals surface area contributed by atoms with Crippen molar-refractivity contribution >= 4 is 27.6 Å². The summed E-state index contributed by atoms with van der Waals surface area (Å²) in [6.45, 7) is 7.53. The van der Waals surface area contributed by atoms with Crippen LogP contribution in [0.3, 0.4) is 0 Å². The second-order valence-electron chi connectivity index (χ2n) is 8.44. The molecule has 2 aromatic carbocycles. The maximum absolute atomic E-state index is 12.7. The Kier molecular flexibility index (Phi) is 7.23. The summed E-state index contributed by atoms with van der Waals surface area (Å²) in [6, 6.07) is 11.0. The highest BCUT2D eigenvalue weighted by molar-refractivity contribution is 7.92. The number of hydrogen-bond acceptors (Lipinski definition) is 5. The van der Waals surface area contributed by atoms with Crippen molar-refractivity contribution in [3.63, 3.8) is 0 Å². The quantitative estimate of drug-likeness (QED) is 0.659. The number of nitrogens with one attached hydrogen (secondary N) is 1. The lowest BCUT2D eigenvalue weighted by Gasteiger charge is -2.38. The number of piperidine rings is 1. The molecule has 2 atom stereocenters. The Bertz CT molecular complexity index is 1090. The van der Waals surface area contributed by atoms with Crippen molar-refractivity contribution in [3.8, 4) is 0 Å². The van der Waals surface area contributed by atoms with Crippen molar-refractivity contribution < 1.29 is 22.7 Å². The van der Waals surface area contributed by atoms with Gasteiger partial charge in [0.15, 0.2) is 6.61 Å². The van der Waals surface area contributed by atoms with E-state index >= 15 is 0 Å². The number of carbonyl (C=O) groups is 2. The fraction of sp³-hybridized carbons (Fsp3) is 0.417. The lowest BCUT2D eigenvalue weighted by Crippen LogP contribution is -2.49. The minimum absolute atomic E-state index is 0.0271. The highest BCUT2D eigenvalue weighted by atomic mass is 32.2. The van der Waals surface area contributed by atoms with E-state index in [2.05, 4.69) is 4.72 Å². The van der Waals surface area contributed by atoms with E-state index in [1.54, 1.807) is 17.0 Å². The fourth-order valence-electron chi connectivity index (χ4n) is 3.99. The van der Waals surface area contributed by atoms with Gasteiger partial charge in [0.05, 0.1) is 10.5 Å². The lowest BCUT2D eigenvalue weighted by molar-refractivity contribution is -0.140. The largest absolute Gasteiger partial charge is 0.452 e. The number of ether oxygens (including phenoxy) is 1. The molecule has 1 aliphatic heterocycles. The molecule has 0 spiro atoms. The van der Waals surface area contributed by atoms with E-state index in [-0.39, 0.29) is 35.1 Å². The number of amides is 1. The van der Waals surface area contributed by atoms with Gasteiger partial charge in [-0.15, -0.1) is 0 Å². The number of carbonyl (C=O) groups excluding carboxylic acids is 2. The molecule has 0 aromatic heterocycles. The van der Waals surface area contributed by atoms with Gasteiger partial charge in [-0.05, 0) is 94.5 Å². The molecular formula is C24H30N2O5S. The van der Waals surface area contributed by atoms with E-state index in [1.807, 2.05) is 33.8 Å². The third-order valence-electron chi connectivity index (χ3n) is 5.97. The van der Waals surface area contributed by atoms with Gasteiger partial charge in [-0.25, -0.2) is 13.2 Å². The molecule has 8 heteroatoms.